The van der Waals surface area contributed by atoms with Gasteiger partial charge >= 0.3 is 5.97 Å². The van der Waals surface area contributed by atoms with Gasteiger partial charge in [0, 0.05) is 6.54 Å². The van der Waals surface area contributed by atoms with E-state index in [0.717, 1.165) is 6.42 Å². The molecule has 0 rings (SSSR count). The Morgan fingerprint density at radius 1 is 1.18 bits per heavy atom. The van der Waals surface area contributed by atoms with Gasteiger partial charge in [0.25, 0.3) is 0 Å². The van der Waals surface area contributed by atoms with E-state index in [9.17, 15) is 9.59 Å². The predicted octanol–water partition coefficient (Wildman–Crippen LogP) is 0.847. The lowest BCUT2D eigenvalue weighted by atomic mass is 10.1. The van der Waals surface area contributed by atoms with Gasteiger partial charge in [-0.15, -0.1) is 0 Å². The van der Waals surface area contributed by atoms with Crippen molar-refractivity contribution in [2.24, 2.45) is 11.8 Å². The molecule has 0 aromatic heterocycles. The summed E-state index contributed by atoms with van der Waals surface area (Å²) in [5.74, 6) is -0.575. The van der Waals surface area contributed by atoms with Gasteiger partial charge in [-0.1, -0.05) is 27.7 Å². The maximum atomic E-state index is 11.4. The average Bonchev–Trinajstić information content (AvgIpc) is 2.15. The van der Waals surface area contributed by atoms with E-state index in [2.05, 4.69) is 24.5 Å². The van der Waals surface area contributed by atoms with Crippen molar-refractivity contribution in [3.05, 3.63) is 0 Å². The van der Waals surface area contributed by atoms with Gasteiger partial charge < -0.3 is 10.4 Å². The Morgan fingerprint density at radius 3 is 2.18 bits per heavy atom. The number of nitrogens with one attached hydrogen (secondary N) is 2. The molecule has 5 nitrogen and oxygen atoms in total. The minimum Gasteiger partial charge on any atom is -0.480 e. The third-order valence-corrected chi connectivity index (χ3v) is 2.46. The fourth-order valence-corrected chi connectivity index (χ4v) is 1.37. The Balaban J connectivity index is 3.85. The zero-order valence-electron chi connectivity index (χ0n) is 11.1. The van der Waals surface area contributed by atoms with Crippen LogP contribution in [0.15, 0.2) is 0 Å². The number of carboxylic acid groups (broad SMARTS) is 1. The summed E-state index contributed by atoms with van der Waals surface area (Å²) in [5.41, 5.74) is 0. The maximum Gasteiger partial charge on any atom is 0.320 e. The molecule has 1 amide bonds. The van der Waals surface area contributed by atoms with Crippen molar-refractivity contribution < 1.29 is 14.7 Å². The number of hydrogen-bond acceptors (Lipinski definition) is 3. The minimum atomic E-state index is -0.921. The van der Waals surface area contributed by atoms with Crippen LogP contribution in [0.4, 0.5) is 0 Å². The highest BCUT2D eigenvalue weighted by molar-refractivity contribution is 5.79. The molecule has 5 heteroatoms. The highest BCUT2D eigenvalue weighted by Gasteiger charge is 2.21. The van der Waals surface area contributed by atoms with Crippen LogP contribution in [0.5, 0.6) is 0 Å². The van der Waals surface area contributed by atoms with Crippen molar-refractivity contribution in [3.63, 3.8) is 0 Å². The Morgan fingerprint density at radius 2 is 1.76 bits per heavy atom. The molecule has 3 N–H and O–H groups in total. The number of carbonyl (C=O) groups is 2. The van der Waals surface area contributed by atoms with E-state index in [4.69, 9.17) is 5.11 Å². The summed E-state index contributed by atoms with van der Waals surface area (Å²) in [4.78, 5) is 22.3. The van der Waals surface area contributed by atoms with Crippen LogP contribution >= 0.6 is 0 Å². The zero-order valence-corrected chi connectivity index (χ0v) is 11.1. The van der Waals surface area contributed by atoms with Crippen LogP contribution in [-0.2, 0) is 9.59 Å². The molecule has 17 heavy (non-hydrogen) atoms. The molecule has 0 aliphatic carbocycles. The molecular weight excluding hydrogens is 220 g/mol. The molecule has 0 saturated carbocycles. The number of aliphatic carboxylic acids is 1. The van der Waals surface area contributed by atoms with Crippen molar-refractivity contribution in [1.29, 1.82) is 0 Å². The second kappa shape index (κ2) is 8.06. The van der Waals surface area contributed by atoms with Crippen molar-refractivity contribution in [3.8, 4) is 0 Å². The smallest absolute Gasteiger partial charge is 0.320 e. The summed E-state index contributed by atoms with van der Waals surface area (Å²) in [6, 6.07) is -0.675. The molecule has 1 unspecified atom stereocenters. The summed E-state index contributed by atoms with van der Waals surface area (Å²) in [6.07, 6.45) is 0.929. The Bertz CT molecular complexity index is 252. The van der Waals surface area contributed by atoms with Crippen molar-refractivity contribution in [1.82, 2.24) is 10.6 Å². The van der Waals surface area contributed by atoms with E-state index in [1.807, 2.05) is 13.8 Å². The summed E-state index contributed by atoms with van der Waals surface area (Å²) < 4.78 is 0. The van der Waals surface area contributed by atoms with Gasteiger partial charge in [0.15, 0.2) is 0 Å². The molecule has 0 fully saturated rings. The van der Waals surface area contributed by atoms with Crippen molar-refractivity contribution in [2.45, 2.75) is 40.2 Å². The molecule has 0 spiro atoms. The first-order chi connectivity index (χ1) is 7.84. The number of hydrogen-bond donors (Lipinski definition) is 3. The largest absolute Gasteiger partial charge is 0.480 e. The highest BCUT2D eigenvalue weighted by atomic mass is 16.4. The summed E-state index contributed by atoms with van der Waals surface area (Å²) in [7, 11) is 0. The number of amides is 1. The lowest BCUT2D eigenvalue weighted by molar-refractivity contribution is -0.140. The number of rotatable bonds is 8. The van der Waals surface area contributed by atoms with E-state index < -0.39 is 12.0 Å². The van der Waals surface area contributed by atoms with Crippen LogP contribution in [0.2, 0.25) is 0 Å². The normalized spacial score (nSPS) is 12.8. The molecule has 0 aromatic rings. The van der Waals surface area contributed by atoms with Crippen molar-refractivity contribution >= 4 is 11.9 Å². The van der Waals surface area contributed by atoms with Crippen molar-refractivity contribution in [2.75, 3.05) is 13.1 Å². The first-order valence-electron chi connectivity index (χ1n) is 6.07. The fourth-order valence-electron chi connectivity index (χ4n) is 1.37. The molecule has 0 aliphatic heterocycles. The SMILES string of the molecule is CC(C)CCNC(=O)CNC(C(=O)O)C(C)C. The van der Waals surface area contributed by atoms with Crippen LogP contribution in [0.25, 0.3) is 0 Å². The van der Waals surface area contributed by atoms with Gasteiger partial charge in [0.05, 0.1) is 6.54 Å². The van der Waals surface area contributed by atoms with Gasteiger partial charge in [-0.2, -0.15) is 0 Å². The summed E-state index contributed by atoms with van der Waals surface area (Å²) >= 11 is 0. The summed E-state index contributed by atoms with van der Waals surface area (Å²) in [5, 5.41) is 14.4. The second-order valence-corrected chi connectivity index (χ2v) is 4.97. The number of carbonyl (C=O) groups excluding carboxylic acids is 1. The van der Waals surface area contributed by atoms with Gasteiger partial charge in [0.2, 0.25) is 5.91 Å². The second-order valence-electron chi connectivity index (χ2n) is 4.97. The first kappa shape index (κ1) is 15.9. The molecule has 1 atom stereocenters. The molecule has 0 radical (unpaired) electrons. The molecule has 100 valence electrons. The van der Waals surface area contributed by atoms with Crippen LogP contribution in [-0.4, -0.2) is 36.1 Å². The molecule has 0 aliphatic rings. The van der Waals surface area contributed by atoms with E-state index in [-0.39, 0.29) is 18.4 Å². The van der Waals surface area contributed by atoms with Gasteiger partial charge in [-0.05, 0) is 18.3 Å². The third-order valence-electron chi connectivity index (χ3n) is 2.46. The van der Waals surface area contributed by atoms with Crippen LogP contribution in [0.3, 0.4) is 0 Å². The highest BCUT2D eigenvalue weighted by Crippen LogP contribution is 2.01. The van der Waals surface area contributed by atoms with E-state index >= 15 is 0 Å². The first-order valence-corrected chi connectivity index (χ1v) is 6.07. The molecule has 0 saturated heterocycles. The van der Waals surface area contributed by atoms with Crippen LogP contribution in [0.1, 0.15) is 34.1 Å². The van der Waals surface area contributed by atoms with Crippen LogP contribution in [0, 0.1) is 11.8 Å². The number of carboxylic acids is 1. The maximum absolute atomic E-state index is 11.4. The van der Waals surface area contributed by atoms with Crippen LogP contribution < -0.4 is 10.6 Å². The lowest BCUT2D eigenvalue weighted by Gasteiger charge is -2.17. The topological polar surface area (TPSA) is 78.4 Å². The Labute approximate surface area is 103 Å². The van der Waals surface area contributed by atoms with E-state index in [1.165, 1.54) is 0 Å². The fraction of sp³-hybridized carbons (Fsp3) is 0.833. The minimum absolute atomic E-state index is 0.0454. The zero-order chi connectivity index (χ0) is 13.4. The van der Waals surface area contributed by atoms with E-state index in [1.54, 1.807) is 0 Å². The quantitative estimate of drug-likeness (QED) is 0.591. The van der Waals surface area contributed by atoms with E-state index in [0.29, 0.717) is 12.5 Å². The average molecular weight is 244 g/mol. The monoisotopic (exact) mass is 244 g/mol. The predicted molar refractivity (Wildman–Crippen MR) is 66.7 cm³/mol. The molecule has 0 aromatic carbocycles. The third kappa shape index (κ3) is 7.74. The molecule has 0 heterocycles. The molecule has 0 bridgehead atoms. The Hall–Kier alpha value is -1.10. The lowest BCUT2D eigenvalue weighted by Crippen LogP contribution is -2.46. The van der Waals surface area contributed by atoms with Gasteiger partial charge in [-0.3, -0.25) is 14.9 Å². The summed E-state index contributed by atoms with van der Waals surface area (Å²) in [6.45, 7) is 8.48. The molecular formula is C12H24N2O3. The van der Waals surface area contributed by atoms with Gasteiger partial charge in [-0.25, -0.2) is 0 Å². The standard InChI is InChI=1S/C12H24N2O3/c1-8(2)5-6-13-10(15)7-14-11(9(3)4)12(16)17/h8-9,11,14H,5-7H2,1-4H3,(H,13,15)(H,16,17). The Kier molecular flexibility index (Phi) is 7.54. The van der Waals surface area contributed by atoms with Gasteiger partial charge in [0.1, 0.15) is 6.04 Å².